The molecule has 1 unspecified atom stereocenters. The second-order valence-corrected chi connectivity index (χ2v) is 3.87. The van der Waals surface area contributed by atoms with Gasteiger partial charge < -0.3 is 9.29 Å². The van der Waals surface area contributed by atoms with Crippen LogP contribution in [0.25, 0.3) is 0 Å². The fourth-order valence-electron chi connectivity index (χ4n) is 1.17. The molecular weight excluding hydrogens is 226 g/mol. The van der Waals surface area contributed by atoms with Crippen molar-refractivity contribution in [1.82, 2.24) is 4.98 Å². The lowest BCUT2D eigenvalue weighted by Gasteiger charge is -2.08. The monoisotopic (exact) mass is 234 g/mol. The molecule has 16 heavy (non-hydrogen) atoms. The standard InChI is InChI=1S/C11H9NO3S/c13-16(14)11-8-10(6-7-12-11)15-9-4-2-1-3-5-9/h1-8H,(H,13,14)/p-1. The third-order valence-corrected chi connectivity index (χ3v) is 2.42. The molecule has 0 radical (unpaired) electrons. The summed E-state index contributed by atoms with van der Waals surface area (Å²) in [6, 6.07) is 12.1. The average molecular weight is 234 g/mol. The first-order chi connectivity index (χ1) is 7.75. The highest BCUT2D eigenvalue weighted by molar-refractivity contribution is 7.79. The Hall–Kier alpha value is -1.72. The Balaban J connectivity index is 2.22. The van der Waals surface area contributed by atoms with Gasteiger partial charge in [-0.25, -0.2) is 4.98 Å². The van der Waals surface area contributed by atoms with Gasteiger partial charge in [-0.05, 0) is 29.3 Å². The lowest BCUT2D eigenvalue weighted by molar-refractivity contribution is 0.478. The van der Waals surface area contributed by atoms with Crippen LogP contribution in [0, 0.1) is 0 Å². The van der Waals surface area contributed by atoms with Crippen LogP contribution >= 0.6 is 0 Å². The number of hydrogen-bond donors (Lipinski definition) is 0. The molecule has 1 aromatic heterocycles. The number of para-hydroxylation sites is 1. The summed E-state index contributed by atoms with van der Waals surface area (Å²) in [7, 11) is 0. The Morgan fingerprint density at radius 1 is 1.12 bits per heavy atom. The van der Waals surface area contributed by atoms with Crippen LogP contribution < -0.4 is 4.74 Å². The summed E-state index contributed by atoms with van der Waals surface area (Å²) in [6.45, 7) is 0. The van der Waals surface area contributed by atoms with E-state index in [1.165, 1.54) is 12.3 Å². The van der Waals surface area contributed by atoms with Crippen LogP contribution in [0.5, 0.6) is 11.5 Å². The number of nitrogens with zero attached hydrogens (tertiary/aromatic N) is 1. The largest absolute Gasteiger partial charge is 0.767 e. The zero-order chi connectivity index (χ0) is 11.4. The minimum atomic E-state index is -2.34. The zero-order valence-electron chi connectivity index (χ0n) is 8.20. The van der Waals surface area contributed by atoms with Crippen LogP contribution in [0.1, 0.15) is 0 Å². The van der Waals surface area contributed by atoms with Gasteiger partial charge in [0.1, 0.15) is 16.5 Å². The molecule has 2 rings (SSSR count). The average Bonchev–Trinajstić information content (AvgIpc) is 2.30. The fraction of sp³-hybridized carbons (Fsp3) is 0. The topological polar surface area (TPSA) is 62.2 Å². The second-order valence-electron chi connectivity index (χ2n) is 2.98. The van der Waals surface area contributed by atoms with Crippen molar-refractivity contribution >= 4 is 11.1 Å². The van der Waals surface area contributed by atoms with Gasteiger partial charge in [0.25, 0.3) is 0 Å². The van der Waals surface area contributed by atoms with Crippen molar-refractivity contribution in [3.8, 4) is 11.5 Å². The number of rotatable bonds is 3. The Morgan fingerprint density at radius 2 is 1.88 bits per heavy atom. The van der Waals surface area contributed by atoms with E-state index in [1.54, 1.807) is 18.2 Å². The molecule has 0 fully saturated rings. The SMILES string of the molecule is O=S([O-])c1cc(Oc2ccccc2)ccn1. The van der Waals surface area contributed by atoms with Gasteiger partial charge in [0.15, 0.2) is 0 Å². The van der Waals surface area contributed by atoms with Crippen molar-refractivity contribution in [3.63, 3.8) is 0 Å². The highest BCUT2D eigenvalue weighted by Crippen LogP contribution is 2.21. The van der Waals surface area contributed by atoms with Crippen LogP contribution in [0.2, 0.25) is 0 Å². The third-order valence-electron chi connectivity index (χ3n) is 1.86. The maximum atomic E-state index is 10.7. The molecule has 0 amide bonds. The first-order valence-electron chi connectivity index (χ1n) is 4.54. The molecule has 0 spiro atoms. The molecule has 0 aliphatic rings. The summed E-state index contributed by atoms with van der Waals surface area (Å²) >= 11 is -2.34. The van der Waals surface area contributed by atoms with E-state index in [1.807, 2.05) is 18.2 Å². The minimum absolute atomic E-state index is 0.0339. The van der Waals surface area contributed by atoms with Crippen molar-refractivity contribution in [3.05, 3.63) is 48.7 Å². The normalized spacial score (nSPS) is 12.1. The van der Waals surface area contributed by atoms with Crippen LogP contribution in [-0.4, -0.2) is 13.7 Å². The molecule has 5 heteroatoms. The minimum Gasteiger partial charge on any atom is -0.767 e. The summed E-state index contributed by atoms with van der Waals surface area (Å²) in [6.07, 6.45) is 1.39. The predicted molar refractivity (Wildman–Crippen MR) is 57.9 cm³/mol. The summed E-state index contributed by atoms with van der Waals surface area (Å²) < 4.78 is 26.8. The Kier molecular flexibility index (Phi) is 3.28. The first kappa shape index (κ1) is 10.8. The van der Waals surface area contributed by atoms with E-state index in [2.05, 4.69) is 4.98 Å². The number of hydrogen-bond acceptors (Lipinski definition) is 4. The van der Waals surface area contributed by atoms with E-state index in [0.717, 1.165) is 0 Å². The predicted octanol–water partition coefficient (Wildman–Crippen LogP) is 2.11. The maximum Gasteiger partial charge on any atom is 0.131 e. The Morgan fingerprint density at radius 3 is 2.56 bits per heavy atom. The number of aromatic nitrogens is 1. The molecule has 0 saturated carbocycles. The summed E-state index contributed by atoms with van der Waals surface area (Å²) in [5, 5.41) is -0.0339. The summed E-state index contributed by atoms with van der Waals surface area (Å²) in [5.41, 5.74) is 0. The smallest absolute Gasteiger partial charge is 0.131 e. The van der Waals surface area contributed by atoms with Crippen LogP contribution in [0.4, 0.5) is 0 Å². The lowest BCUT2D eigenvalue weighted by Crippen LogP contribution is -1.93. The van der Waals surface area contributed by atoms with Gasteiger partial charge in [0.05, 0.1) is 0 Å². The number of ether oxygens (including phenoxy) is 1. The van der Waals surface area contributed by atoms with Crippen molar-refractivity contribution < 1.29 is 13.5 Å². The molecule has 4 nitrogen and oxygen atoms in total. The van der Waals surface area contributed by atoms with Gasteiger partial charge in [0.2, 0.25) is 0 Å². The van der Waals surface area contributed by atoms with Crippen molar-refractivity contribution in [2.45, 2.75) is 5.03 Å². The van der Waals surface area contributed by atoms with Gasteiger partial charge in [-0.1, -0.05) is 18.2 Å². The van der Waals surface area contributed by atoms with Gasteiger partial charge in [-0.3, -0.25) is 4.21 Å². The van der Waals surface area contributed by atoms with Crippen molar-refractivity contribution in [2.75, 3.05) is 0 Å². The van der Waals surface area contributed by atoms with E-state index >= 15 is 0 Å². The summed E-state index contributed by atoms with van der Waals surface area (Å²) in [4.78, 5) is 3.69. The maximum absolute atomic E-state index is 10.7. The first-order valence-corrected chi connectivity index (χ1v) is 5.61. The molecule has 0 aliphatic heterocycles. The molecule has 2 aromatic rings. The molecule has 1 atom stereocenters. The van der Waals surface area contributed by atoms with Crippen molar-refractivity contribution in [2.24, 2.45) is 0 Å². The van der Waals surface area contributed by atoms with Gasteiger partial charge >= 0.3 is 0 Å². The van der Waals surface area contributed by atoms with Crippen molar-refractivity contribution in [1.29, 1.82) is 0 Å². The Bertz CT molecular complexity index is 502. The van der Waals surface area contributed by atoms with E-state index < -0.39 is 11.1 Å². The second kappa shape index (κ2) is 4.87. The molecule has 82 valence electrons. The molecule has 0 saturated heterocycles. The highest BCUT2D eigenvalue weighted by Gasteiger charge is 1.99. The fourth-order valence-corrected chi connectivity index (χ4v) is 1.53. The van der Waals surface area contributed by atoms with E-state index in [9.17, 15) is 8.76 Å². The summed E-state index contributed by atoms with van der Waals surface area (Å²) in [5.74, 6) is 1.09. The quantitative estimate of drug-likeness (QED) is 0.763. The molecule has 0 N–H and O–H groups in total. The number of pyridine rings is 1. The molecular formula is C11H8NO3S-. The van der Waals surface area contributed by atoms with E-state index in [4.69, 9.17) is 4.74 Å². The van der Waals surface area contributed by atoms with Gasteiger partial charge in [-0.2, -0.15) is 0 Å². The molecule has 0 aliphatic carbocycles. The number of benzene rings is 1. The van der Waals surface area contributed by atoms with Crippen LogP contribution in [0.3, 0.4) is 0 Å². The van der Waals surface area contributed by atoms with E-state index in [-0.39, 0.29) is 5.03 Å². The molecule has 0 bridgehead atoms. The Labute approximate surface area is 95.2 Å². The highest BCUT2D eigenvalue weighted by atomic mass is 32.2. The lowest BCUT2D eigenvalue weighted by atomic mass is 10.3. The zero-order valence-corrected chi connectivity index (χ0v) is 9.02. The molecule has 1 aromatic carbocycles. The third kappa shape index (κ3) is 2.65. The van der Waals surface area contributed by atoms with Crippen LogP contribution in [0.15, 0.2) is 53.7 Å². The van der Waals surface area contributed by atoms with Gasteiger partial charge in [-0.15, -0.1) is 0 Å². The molecule has 1 heterocycles. The van der Waals surface area contributed by atoms with E-state index in [0.29, 0.717) is 11.5 Å². The van der Waals surface area contributed by atoms with Crippen LogP contribution in [-0.2, 0) is 11.1 Å². The van der Waals surface area contributed by atoms with Gasteiger partial charge in [0, 0.05) is 12.3 Å².